The average molecular weight is 774 g/mol. The van der Waals surface area contributed by atoms with Gasteiger partial charge in [0.25, 0.3) is 0 Å². The van der Waals surface area contributed by atoms with Gasteiger partial charge in [-0.2, -0.15) is 0 Å². The first-order valence-corrected chi connectivity index (χ1v) is 23.4. The van der Waals surface area contributed by atoms with Gasteiger partial charge in [-0.25, -0.2) is 0 Å². The predicted octanol–water partition coefficient (Wildman–Crippen LogP) is 17.2. The molecule has 0 aliphatic heterocycles. The van der Waals surface area contributed by atoms with Crippen LogP contribution >= 0.6 is 0 Å². The maximum Gasteiger partial charge on any atom is 0.0465 e. The zero-order valence-corrected chi connectivity index (χ0v) is 35.9. The number of anilines is 3. The predicted molar refractivity (Wildman–Crippen MR) is 252 cm³/mol. The smallest absolute Gasteiger partial charge is 0.0465 e. The largest absolute Gasteiger partial charge is 0.310 e. The minimum Gasteiger partial charge on any atom is -0.310 e. The molecule has 0 amide bonds. The quantitative estimate of drug-likeness (QED) is 0.149. The molecule has 4 aliphatic carbocycles. The second-order valence-electron chi connectivity index (χ2n) is 19.3. The van der Waals surface area contributed by atoms with Crippen LogP contribution in [0.3, 0.4) is 0 Å². The van der Waals surface area contributed by atoms with Crippen LogP contribution in [0.25, 0.3) is 33.4 Å². The van der Waals surface area contributed by atoms with Crippen molar-refractivity contribution in [2.75, 3.05) is 4.90 Å². The Hall–Kier alpha value is -4.88. The fraction of sp³-hybridized carbons (Fsp3) is 0.379. The third-order valence-electron chi connectivity index (χ3n) is 15.1. The lowest BCUT2D eigenvalue weighted by Crippen LogP contribution is -2.17. The van der Waals surface area contributed by atoms with E-state index in [9.17, 15) is 0 Å². The van der Waals surface area contributed by atoms with Crippen LogP contribution in [0.15, 0.2) is 127 Å². The van der Waals surface area contributed by atoms with Gasteiger partial charge in [0, 0.05) is 22.5 Å². The number of hydrogen-bond donors (Lipinski definition) is 0. The Labute approximate surface area is 354 Å². The average Bonchev–Trinajstić information content (AvgIpc) is 3.52. The Balaban J connectivity index is 1.03. The fourth-order valence-corrected chi connectivity index (χ4v) is 11.8. The van der Waals surface area contributed by atoms with E-state index < -0.39 is 0 Å². The maximum atomic E-state index is 2.62. The molecule has 6 aromatic carbocycles. The first-order valence-electron chi connectivity index (χ1n) is 23.4. The summed E-state index contributed by atoms with van der Waals surface area (Å²) in [7, 11) is 0. The molecule has 3 saturated carbocycles. The molecule has 0 aromatic heterocycles. The summed E-state index contributed by atoms with van der Waals surface area (Å²) >= 11 is 0. The van der Waals surface area contributed by atoms with Crippen molar-refractivity contribution < 1.29 is 0 Å². The molecule has 6 aromatic rings. The van der Waals surface area contributed by atoms with Gasteiger partial charge in [-0.05, 0) is 172 Å². The molecule has 0 heterocycles. The van der Waals surface area contributed by atoms with Crippen LogP contribution in [0.2, 0.25) is 0 Å². The molecule has 1 heteroatoms. The van der Waals surface area contributed by atoms with Crippen LogP contribution in [0, 0.1) is 6.92 Å². The Bertz CT molecular complexity index is 2410. The van der Waals surface area contributed by atoms with E-state index in [-0.39, 0.29) is 5.41 Å². The monoisotopic (exact) mass is 773 g/mol. The summed E-state index contributed by atoms with van der Waals surface area (Å²) in [5.74, 6) is 2.07. The normalized spacial score (nSPS) is 18.4. The summed E-state index contributed by atoms with van der Waals surface area (Å²) in [5.41, 5.74) is 20.6. The van der Waals surface area contributed by atoms with Crippen molar-refractivity contribution in [2.24, 2.45) is 0 Å². The number of aryl methyl sites for hydroxylation is 1. The molecule has 0 spiro atoms. The van der Waals surface area contributed by atoms with Crippen molar-refractivity contribution in [1.29, 1.82) is 0 Å². The summed E-state index contributed by atoms with van der Waals surface area (Å²) < 4.78 is 0. The molecule has 0 radical (unpaired) electrons. The summed E-state index contributed by atoms with van der Waals surface area (Å²) in [6, 6.07) is 50.1. The molecule has 0 atom stereocenters. The molecule has 300 valence electrons. The summed E-state index contributed by atoms with van der Waals surface area (Å²) in [4.78, 5) is 2.53. The van der Waals surface area contributed by atoms with Crippen LogP contribution in [0.5, 0.6) is 0 Å². The lowest BCUT2D eigenvalue weighted by Gasteiger charge is -2.30. The second kappa shape index (κ2) is 16.3. The van der Waals surface area contributed by atoms with E-state index in [0.29, 0.717) is 17.8 Å². The first kappa shape index (κ1) is 38.3. The molecule has 3 fully saturated rings. The van der Waals surface area contributed by atoms with E-state index in [1.165, 1.54) is 169 Å². The van der Waals surface area contributed by atoms with Crippen LogP contribution in [0.4, 0.5) is 17.1 Å². The van der Waals surface area contributed by atoms with Gasteiger partial charge < -0.3 is 4.90 Å². The van der Waals surface area contributed by atoms with Crippen LogP contribution < -0.4 is 4.90 Å². The van der Waals surface area contributed by atoms with E-state index in [1.54, 1.807) is 11.1 Å². The molecule has 59 heavy (non-hydrogen) atoms. The molecule has 4 aliphatic rings. The van der Waals surface area contributed by atoms with E-state index >= 15 is 0 Å². The molecule has 1 nitrogen and oxygen atoms in total. The minimum atomic E-state index is -0.0601. The highest BCUT2D eigenvalue weighted by molar-refractivity contribution is 5.86. The van der Waals surface area contributed by atoms with Crippen molar-refractivity contribution in [3.05, 3.63) is 161 Å². The maximum absolute atomic E-state index is 2.62. The summed E-state index contributed by atoms with van der Waals surface area (Å²) in [6.45, 7) is 7.10. The van der Waals surface area contributed by atoms with E-state index in [4.69, 9.17) is 0 Å². The van der Waals surface area contributed by atoms with Gasteiger partial charge in [-0.1, -0.05) is 157 Å². The highest BCUT2D eigenvalue weighted by atomic mass is 15.1. The van der Waals surface area contributed by atoms with Crippen molar-refractivity contribution in [3.8, 4) is 33.4 Å². The van der Waals surface area contributed by atoms with Gasteiger partial charge in [0.15, 0.2) is 0 Å². The zero-order valence-electron chi connectivity index (χ0n) is 35.9. The number of fused-ring (bicyclic) bond motifs is 3. The topological polar surface area (TPSA) is 3.24 Å². The Morgan fingerprint density at radius 1 is 0.390 bits per heavy atom. The molecule has 0 saturated heterocycles. The van der Waals surface area contributed by atoms with Crippen molar-refractivity contribution in [1.82, 2.24) is 0 Å². The van der Waals surface area contributed by atoms with Gasteiger partial charge in [-0.15, -0.1) is 0 Å². The molecule has 0 unspecified atom stereocenters. The van der Waals surface area contributed by atoms with E-state index in [0.717, 1.165) is 0 Å². The summed E-state index contributed by atoms with van der Waals surface area (Å²) in [5, 5.41) is 0. The highest BCUT2D eigenvalue weighted by Gasteiger charge is 2.36. The van der Waals surface area contributed by atoms with E-state index in [1.807, 2.05) is 0 Å². The molecular weight excluding hydrogens is 711 g/mol. The third-order valence-corrected chi connectivity index (χ3v) is 15.1. The van der Waals surface area contributed by atoms with Gasteiger partial charge in [0.1, 0.15) is 0 Å². The van der Waals surface area contributed by atoms with Gasteiger partial charge in [0.2, 0.25) is 0 Å². The molecular formula is C58H63N. The number of hydrogen-bond acceptors (Lipinski definition) is 1. The number of rotatable bonds is 8. The second-order valence-corrected chi connectivity index (χ2v) is 19.3. The SMILES string of the molecule is Cc1cc(N(c2cccc(C3CCCCC3)c2)c2ccc3c(c2)C(C)(C)c2ccccc2-3)ccc1-c1cccc(-c2cc(C3CCCCC3)cc(C3CCCCC3)c2)c1. The molecule has 0 N–H and O–H groups in total. The lowest BCUT2D eigenvalue weighted by molar-refractivity contribution is 0.435. The van der Waals surface area contributed by atoms with E-state index in [2.05, 4.69) is 153 Å². The van der Waals surface area contributed by atoms with Crippen molar-refractivity contribution in [3.63, 3.8) is 0 Å². The summed E-state index contributed by atoms with van der Waals surface area (Å²) in [6.07, 6.45) is 20.3. The lowest BCUT2D eigenvalue weighted by atomic mass is 9.78. The Morgan fingerprint density at radius 2 is 0.932 bits per heavy atom. The third kappa shape index (κ3) is 7.49. The van der Waals surface area contributed by atoms with Crippen LogP contribution in [0.1, 0.15) is 161 Å². The van der Waals surface area contributed by atoms with Gasteiger partial charge >= 0.3 is 0 Å². The standard InChI is InChI=1S/C58H63N/c1-40-33-51(29-31-53(40)46-25-15-23-44(34-46)49-36-47(42-19-9-5-10-20-42)35-48(37-49)43-21-11-6-12-22-43)59(50-26-16-24-45(38-50)41-17-7-4-8-18-41)52-30-32-55-54-27-13-14-28-56(54)58(2,3)57(55)39-52/h13-16,23-39,41-43H,4-12,17-22H2,1-3H3. The van der Waals surface area contributed by atoms with Crippen LogP contribution in [-0.2, 0) is 5.41 Å². The Morgan fingerprint density at radius 3 is 1.59 bits per heavy atom. The molecule has 0 bridgehead atoms. The Kier molecular flexibility index (Phi) is 10.6. The minimum absolute atomic E-state index is 0.0601. The van der Waals surface area contributed by atoms with Crippen molar-refractivity contribution >= 4 is 17.1 Å². The first-order chi connectivity index (χ1) is 28.9. The molecule has 10 rings (SSSR count). The van der Waals surface area contributed by atoms with Crippen molar-refractivity contribution in [2.45, 2.75) is 140 Å². The number of nitrogens with zero attached hydrogens (tertiary/aromatic N) is 1. The van der Waals surface area contributed by atoms with Crippen LogP contribution in [-0.4, -0.2) is 0 Å². The fourth-order valence-electron chi connectivity index (χ4n) is 11.8. The highest BCUT2D eigenvalue weighted by Crippen LogP contribution is 2.51. The zero-order chi connectivity index (χ0) is 39.9. The van der Waals surface area contributed by atoms with Gasteiger partial charge in [0.05, 0.1) is 0 Å². The van der Waals surface area contributed by atoms with Gasteiger partial charge in [-0.3, -0.25) is 0 Å². The number of benzene rings is 6.